The minimum atomic E-state index is -3.64. The first-order valence-corrected chi connectivity index (χ1v) is 10.6. The van der Waals surface area contributed by atoms with Crippen molar-refractivity contribution in [3.8, 4) is 0 Å². The molecule has 2 N–H and O–H groups in total. The van der Waals surface area contributed by atoms with Crippen LogP contribution in [0.3, 0.4) is 0 Å². The standard InChI is InChI=1S/C20H21N3O4S/c1-13-12-15(6-7-18(13)21)28(26,27)22-10-8-14(9-11-22)23-19(24)16-4-2-3-5-17(16)20(23)25/h2-7,12,14H,8-11,21H2,1H3. The number of nitrogens with zero attached hydrogens (tertiary/aromatic N) is 2. The molecule has 0 saturated carbocycles. The lowest BCUT2D eigenvalue weighted by atomic mass is 10.1. The zero-order valence-electron chi connectivity index (χ0n) is 15.5. The first-order valence-electron chi connectivity index (χ1n) is 9.14. The summed E-state index contributed by atoms with van der Waals surface area (Å²) in [4.78, 5) is 26.8. The summed E-state index contributed by atoms with van der Waals surface area (Å²) >= 11 is 0. The molecule has 2 heterocycles. The van der Waals surface area contributed by atoms with Gasteiger partial charge in [-0.1, -0.05) is 12.1 Å². The van der Waals surface area contributed by atoms with Crippen LogP contribution in [0.1, 0.15) is 39.1 Å². The Hall–Kier alpha value is -2.71. The van der Waals surface area contributed by atoms with Crippen LogP contribution in [-0.4, -0.2) is 48.6 Å². The number of fused-ring (bicyclic) bond motifs is 1. The lowest BCUT2D eigenvalue weighted by molar-refractivity contribution is 0.0536. The van der Waals surface area contributed by atoms with Gasteiger partial charge < -0.3 is 5.73 Å². The number of anilines is 1. The highest BCUT2D eigenvalue weighted by molar-refractivity contribution is 7.89. The lowest BCUT2D eigenvalue weighted by Gasteiger charge is -2.35. The molecule has 146 valence electrons. The second-order valence-corrected chi connectivity index (χ2v) is 9.12. The first kappa shape index (κ1) is 18.6. The molecule has 4 rings (SSSR count). The summed E-state index contributed by atoms with van der Waals surface area (Å²) in [5.41, 5.74) is 7.87. The van der Waals surface area contributed by atoms with Gasteiger partial charge in [0.2, 0.25) is 10.0 Å². The van der Waals surface area contributed by atoms with Crippen LogP contribution in [0.4, 0.5) is 5.69 Å². The fraction of sp³-hybridized carbons (Fsp3) is 0.300. The van der Waals surface area contributed by atoms with E-state index in [1.54, 1.807) is 43.3 Å². The molecular formula is C20H21N3O4S. The van der Waals surface area contributed by atoms with Crippen molar-refractivity contribution in [1.82, 2.24) is 9.21 Å². The molecule has 0 aliphatic carbocycles. The van der Waals surface area contributed by atoms with E-state index < -0.39 is 10.0 Å². The van der Waals surface area contributed by atoms with Crippen LogP contribution < -0.4 is 5.73 Å². The van der Waals surface area contributed by atoms with Gasteiger partial charge in [-0.2, -0.15) is 4.31 Å². The molecule has 1 fully saturated rings. The molecule has 28 heavy (non-hydrogen) atoms. The largest absolute Gasteiger partial charge is 0.399 e. The molecule has 2 aliphatic rings. The molecule has 0 unspecified atom stereocenters. The molecule has 0 aromatic heterocycles. The maximum absolute atomic E-state index is 12.9. The summed E-state index contributed by atoms with van der Waals surface area (Å²) in [6.07, 6.45) is 0.831. The summed E-state index contributed by atoms with van der Waals surface area (Å²) in [5, 5.41) is 0. The number of nitrogens with two attached hydrogens (primary N) is 1. The Morgan fingerprint density at radius 3 is 2.07 bits per heavy atom. The highest BCUT2D eigenvalue weighted by Gasteiger charge is 2.42. The van der Waals surface area contributed by atoms with Gasteiger partial charge in [-0.05, 0) is 55.7 Å². The molecule has 2 aromatic rings. The van der Waals surface area contributed by atoms with Crippen molar-refractivity contribution >= 4 is 27.5 Å². The Morgan fingerprint density at radius 1 is 0.964 bits per heavy atom. The predicted octanol–water partition coefficient (Wildman–Crippen LogP) is 2.03. The van der Waals surface area contributed by atoms with E-state index in [1.807, 2.05) is 0 Å². The number of carbonyl (C=O) groups excluding carboxylic acids is 2. The Bertz CT molecular complexity index is 1040. The average molecular weight is 399 g/mol. The molecule has 1 saturated heterocycles. The molecule has 0 radical (unpaired) electrons. The van der Waals surface area contributed by atoms with Crippen LogP contribution in [-0.2, 0) is 10.0 Å². The zero-order valence-corrected chi connectivity index (χ0v) is 16.3. The SMILES string of the molecule is Cc1cc(S(=O)(=O)N2CCC(N3C(=O)c4ccccc4C3=O)CC2)ccc1N. The van der Waals surface area contributed by atoms with E-state index in [0.29, 0.717) is 35.2 Å². The summed E-state index contributed by atoms with van der Waals surface area (Å²) in [6, 6.07) is 11.1. The van der Waals surface area contributed by atoms with Gasteiger partial charge in [0.1, 0.15) is 0 Å². The van der Waals surface area contributed by atoms with Crippen LogP contribution in [0.25, 0.3) is 0 Å². The topological polar surface area (TPSA) is 101 Å². The van der Waals surface area contributed by atoms with Crippen LogP contribution in [0, 0.1) is 6.92 Å². The van der Waals surface area contributed by atoms with E-state index >= 15 is 0 Å². The number of benzene rings is 2. The smallest absolute Gasteiger partial charge is 0.261 e. The van der Waals surface area contributed by atoms with Gasteiger partial charge in [0.05, 0.1) is 16.0 Å². The lowest BCUT2D eigenvalue weighted by Crippen LogP contribution is -2.48. The minimum Gasteiger partial charge on any atom is -0.399 e. The average Bonchev–Trinajstić information content (AvgIpc) is 2.95. The van der Waals surface area contributed by atoms with Crippen molar-refractivity contribution in [3.05, 3.63) is 59.2 Å². The number of carbonyl (C=O) groups is 2. The molecular weight excluding hydrogens is 378 g/mol. The quantitative estimate of drug-likeness (QED) is 0.629. The Kier molecular flexibility index (Phi) is 4.47. The fourth-order valence-electron chi connectivity index (χ4n) is 3.84. The van der Waals surface area contributed by atoms with E-state index in [1.165, 1.54) is 15.3 Å². The van der Waals surface area contributed by atoms with Gasteiger partial charge in [0.15, 0.2) is 0 Å². The van der Waals surface area contributed by atoms with E-state index in [-0.39, 0.29) is 35.8 Å². The predicted molar refractivity (Wildman–Crippen MR) is 104 cm³/mol. The van der Waals surface area contributed by atoms with Gasteiger partial charge in [0, 0.05) is 24.8 Å². The molecule has 0 atom stereocenters. The maximum atomic E-state index is 12.9. The van der Waals surface area contributed by atoms with Crippen molar-refractivity contribution in [2.75, 3.05) is 18.8 Å². The zero-order chi connectivity index (χ0) is 20.1. The molecule has 7 nitrogen and oxygen atoms in total. The molecule has 2 aromatic carbocycles. The van der Waals surface area contributed by atoms with E-state index in [9.17, 15) is 18.0 Å². The van der Waals surface area contributed by atoms with E-state index in [4.69, 9.17) is 5.73 Å². The highest BCUT2D eigenvalue weighted by atomic mass is 32.2. The van der Waals surface area contributed by atoms with Crippen LogP contribution in [0.2, 0.25) is 0 Å². The number of sulfonamides is 1. The fourth-order valence-corrected chi connectivity index (χ4v) is 5.39. The maximum Gasteiger partial charge on any atom is 0.261 e. The van der Waals surface area contributed by atoms with Gasteiger partial charge >= 0.3 is 0 Å². The summed E-state index contributed by atoms with van der Waals surface area (Å²) in [7, 11) is -3.64. The second-order valence-electron chi connectivity index (χ2n) is 7.18. The first-order chi connectivity index (χ1) is 13.3. The molecule has 0 spiro atoms. The van der Waals surface area contributed by atoms with Gasteiger partial charge in [-0.25, -0.2) is 8.42 Å². The van der Waals surface area contributed by atoms with Crippen molar-refractivity contribution in [2.45, 2.75) is 30.7 Å². The number of piperidine rings is 1. The monoisotopic (exact) mass is 399 g/mol. The third-order valence-corrected chi connectivity index (χ3v) is 7.39. The number of amides is 2. The number of rotatable bonds is 3. The van der Waals surface area contributed by atoms with Crippen LogP contribution in [0.5, 0.6) is 0 Å². The van der Waals surface area contributed by atoms with Crippen LogP contribution in [0.15, 0.2) is 47.4 Å². The Labute approximate surface area is 163 Å². The van der Waals surface area contributed by atoms with Crippen molar-refractivity contribution in [3.63, 3.8) is 0 Å². The third-order valence-electron chi connectivity index (χ3n) is 5.49. The van der Waals surface area contributed by atoms with Crippen molar-refractivity contribution in [2.24, 2.45) is 0 Å². The summed E-state index contributed by atoms with van der Waals surface area (Å²) < 4.78 is 27.3. The normalized spacial score (nSPS) is 18.5. The number of nitrogen functional groups attached to an aromatic ring is 1. The third kappa shape index (κ3) is 2.89. The molecule has 0 bridgehead atoms. The molecule has 8 heteroatoms. The van der Waals surface area contributed by atoms with E-state index in [2.05, 4.69) is 0 Å². The number of hydrogen-bond acceptors (Lipinski definition) is 5. The number of hydrogen-bond donors (Lipinski definition) is 1. The van der Waals surface area contributed by atoms with Gasteiger partial charge in [-0.15, -0.1) is 0 Å². The second kappa shape index (κ2) is 6.72. The summed E-state index contributed by atoms with van der Waals surface area (Å²) in [5.74, 6) is -0.591. The van der Waals surface area contributed by atoms with Crippen molar-refractivity contribution in [1.29, 1.82) is 0 Å². The molecule has 2 amide bonds. The van der Waals surface area contributed by atoms with Gasteiger partial charge in [-0.3, -0.25) is 14.5 Å². The van der Waals surface area contributed by atoms with Crippen molar-refractivity contribution < 1.29 is 18.0 Å². The Morgan fingerprint density at radius 2 is 1.54 bits per heavy atom. The van der Waals surface area contributed by atoms with Crippen LogP contribution >= 0.6 is 0 Å². The Balaban J connectivity index is 1.50. The number of imide groups is 1. The number of aryl methyl sites for hydroxylation is 1. The van der Waals surface area contributed by atoms with Gasteiger partial charge in [0.25, 0.3) is 11.8 Å². The van der Waals surface area contributed by atoms with E-state index in [0.717, 1.165) is 0 Å². The molecule has 2 aliphatic heterocycles. The summed E-state index contributed by atoms with van der Waals surface area (Å²) in [6.45, 7) is 2.27. The minimum absolute atomic E-state index is 0.207. The highest BCUT2D eigenvalue weighted by Crippen LogP contribution is 2.30.